The van der Waals surface area contributed by atoms with Gasteiger partial charge in [0.1, 0.15) is 11.4 Å². The lowest BCUT2D eigenvalue weighted by Crippen LogP contribution is -2.38. The molecule has 28 heavy (non-hydrogen) atoms. The number of esters is 1. The number of carbonyl (C=O) groups is 2. The van der Waals surface area contributed by atoms with Gasteiger partial charge in [-0.1, -0.05) is 6.07 Å². The Kier molecular flexibility index (Phi) is 6.63. The van der Waals surface area contributed by atoms with Gasteiger partial charge in [0.25, 0.3) is 0 Å². The number of hydrogen-bond acceptors (Lipinski definition) is 5. The summed E-state index contributed by atoms with van der Waals surface area (Å²) in [6, 6.07) is 5.71. The first-order chi connectivity index (χ1) is 13.4. The minimum atomic E-state index is -0.460. The van der Waals surface area contributed by atoms with Crippen molar-refractivity contribution in [3.8, 4) is 5.75 Å². The third kappa shape index (κ3) is 5.49. The highest BCUT2D eigenvalue weighted by atomic mass is 16.6. The first-order valence-corrected chi connectivity index (χ1v) is 10.6. The number of ether oxygens (including phenoxy) is 2. The largest absolute Gasteiger partial charge is 0.488 e. The molecule has 1 heterocycles. The Labute approximate surface area is 168 Å². The number of hydrogen-bond donors (Lipinski definition) is 0. The average molecular weight is 388 g/mol. The predicted octanol–water partition coefficient (Wildman–Crippen LogP) is 4.77. The molecular weight excluding hydrogens is 354 g/mol. The van der Waals surface area contributed by atoms with Gasteiger partial charge in [-0.2, -0.15) is 0 Å². The average Bonchev–Trinajstić information content (AvgIpc) is 3.13. The molecule has 1 atom stereocenters. The van der Waals surface area contributed by atoms with Crippen LogP contribution in [0.2, 0.25) is 0 Å². The maximum Gasteiger partial charge on any atom is 0.306 e. The summed E-state index contributed by atoms with van der Waals surface area (Å²) >= 11 is 0. The molecule has 0 radical (unpaired) electrons. The molecule has 5 heteroatoms. The van der Waals surface area contributed by atoms with Crippen molar-refractivity contribution in [1.29, 1.82) is 0 Å². The zero-order valence-electron chi connectivity index (χ0n) is 17.4. The molecule has 1 saturated heterocycles. The fourth-order valence-corrected chi connectivity index (χ4v) is 4.31. The molecule has 0 unspecified atom stereocenters. The summed E-state index contributed by atoms with van der Waals surface area (Å²) in [5, 5.41) is 0. The van der Waals surface area contributed by atoms with Gasteiger partial charge in [-0.25, -0.2) is 0 Å². The lowest BCUT2D eigenvalue weighted by atomic mass is 9.93. The van der Waals surface area contributed by atoms with Crippen LogP contribution in [0.5, 0.6) is 5.75 Å². The third-order valence-corrected chi connectivity index (χ3v) is 5.46. The van der Waals surface area contributed by atoms with Gasteiger partial charge >= 0.3 is 5.97 Å². The van der Waals surface area contributed by atoms with Crippen LogP contribution in [0.4, 0.5) is 5.69 Å². The Balaban J connectivity index is 1.74. The Hall–Kier alpha value is -2.04. The summed E-state index contributed by atoms with van der Waals surface area (Å²) in [6.07, 6.45) is 8.11. The second kappa shape index (κ2) is 8.97. The maximum absolute atomic E-state index is 12.3. The van der Waals surface area contributed by atoms with Crippen molar-refractivity contribution < 1.29 is 19.1 Å². The SMILES string of the molecule is CC(C)(C)OC(=O)C[C@@H]1CCCN(c2c(C=O)cccc2OC2CCCC2)C1. The van der Waals surface area contributed by atoms with Crippen molar-refractivity contribution in [1.82, 2.24) is 0 Å². The molecule has 2 aliphatic rings. The summed E-state index contributed by atoms with van der Waals surface area (Å²) in [7, 11) is 0. The van der Waals surface area contributed by atoms with Crippen LogP contribution in [0.1, 0.15) is 76.1 Å². The normalized spacial score (nSPS) is 20.8. The molecule has 154 valence electrons. The number of carbonyl (C=O) groups excluding carboxylic acids is 2. The number of rotatable bonds is 6. The fourth-order valence-electron chi connectivity index (χ4n) is 4.31. The summed E-state index contributed by atoms with van der Waals surface area (Å²) in [4.78, 5) is 26.2. The highest BCUT2D eigenvalue weighted by Gasteiger charge is 2.28. The number of benzene rings is 1. The van der Waals surface area contributed by atoms with E-state index in [1.165, 1.54) is 12.8 Å². The molecule has 1 aliphatic heterocycles. The number of para-hydroxylation sites is 1. The molecule has 0 aromatic heterocycles. The molecule has 5 nitrogen and oxygen atoms in total. The van der Waals surface area contributed by atoms with Crippen LogP contribution < -0.4 is 9.64 Å². The molecule has 1 saturated carbocycles. The predicted molar refractivity (Wildman–Crippen MR) is 110 cm³/mol. The monoisotopic (exact) mass is 387 g/mol. The number of piperidine rings is 1. The molecule has 1 aliphatic carbocycles. The standard InChI is InChI=1S/C23H33NO4/c1-23(2,3)28-21(26)14-17-8-7-13-24(15-17)22-18(16-25)9-6-12-20(22)27-19-10-4-5-11-19/h6,9,12,16-17,19H,4-5,7-8,10-11,13-15H2,1-3H3/t17-/m0/s1. The first-order valence-electron chi connectivity index (χ1n) is 10.6. The van der Waals surface area contributed by atoms with E-state index < -0.39 is 5.60 Å². The third-order valence-electron chi connectivity index (χ3n) is 5.46. The Bertz CT molecular complexity index is 688. The van der Waals surface area contributed by atoms with Crippen LogP contribution in [-0.2, 0) is 9.53 Å². The van der Waals surface area contributed by atoms with E-state index in [4.69, 9.17) is 9.47 Å². The van der Waals surface area contributed by atoms with E-state index in [-0.39, 0.29) is 18.0 Å². The van der Waals surface area contributed by atoms with Gasteiger partial charge in [-0.15, -0.1) is 0 Å². The summed E-state index contributed by atoms with van der Waals surface area (Å²) in [6.45, 7) is 7.29. The van der Waals surface area contributed by atoms with Crippen LogP contribution in [0.3, 0.4) is 0 Å². The molecule has 1 aromatic rings. The summed E-state index contributed by atoms with van der Waals surface area (Å²) in [5.74, 6) is 0.877. The number of nitrogens with zero attached hydrogens (tertiary/aromatic N) is 1. The fraction of sp³-hybridized carbons (Fsp3) is 0.652. The zero-order valence-corrected chi connectivity index (χ0v) is 17.4. The quantitative estimate of drug-likeness (QED) is 0.520. The second-order valence-electron chi connectivity index (χ2n) is 9.08. The molecule has 3 rings (SSSR count). The Morgan fingerprint density at radius 3 is 2.61 bits per heavy atom. The Morgan fingerprint density at radius 2 is 1.93 bits per heavy atom. The number of aldehydes is 1. The van der Waals surface area contributed by atoms with Crippen molar-refractivity contribution in [2.75, 3.05) is 18.0 Å². The molecular formula is C23H33NO4. The molecule has 0 N–H and O–H groups in total. The van der Waals surface area contributed by atoms with E-state index in [1.807, 2.05) is 39.0 Å². The zero-order chi connectivity index (χ0) is 20.1. The first kappa shape index (κ1) is 20.7. The van der Waals surface area contributed by atoms with Crippen LogP contribution in [0, 0.1) is 5.92 Å². The van der Waals surface area contributed by atoms with E-state index in [9.17, 15) is 9.59 Å². The highest BCUT2D eigenvalue weighted by molar-refractivity contribution is 5.87. The van der Waals surface area contributed by atoms with Gasteiger partial charge in [0.2, 0.25) is 0 Å². The van der Waals surface area contributed by atoms with Crippen molar-refractivity contribution in [3.05, 3.63) is 23.8 Å². The molecule has 0 amide bonds. The van der Waals surface area contributed by atoms with Crippen molar-refractivity contribution in [2.45, 2.75) is 77.4 Å². The van der Waals surface area contributed by atoms with Crippen LogP contribution in [0.25, 0.3) is 0 Å². The lowest BCUT2D eigenvalue weighted by molar-refractivity contribution is -0.156. The van der Waals surface area contributed by atoms with E-state index >= 15 is 0 Å². The molecule has 1 aromatic carbocycles. The van der Waals surface area contributed by atoms with Gasteiger partial charge in [-0.05, 0) is 77.3 Å². The van der Waals surface area contributed by atoms with Gasteiger partial charge in [-0.3, -0.25) is 9.59 Å². The van der Waals surface area contributed by atoms with Gasteiger partial charge in [0.15, 0.2) is 6.29 Å². The van der Waals surface area contributed by atoms with Gasteiger partial charge < -0.3 is 14.4 Å². The van der Waals surface area contributed by atoms with Crippen molar-refractivity contribution in [2.24, 2.45) is 5.92 Å². The van der Waals surface area contributed by atoms with E-state index in [1.54, 1.807) is 0 Å². The van der Waals surface area contributed by atoms with Gasteiger partial charge in [0.05, 0.1) is 18.2 Å². The van der Waals surface area contributed by atoms with E-state index in [0.717, 1.165) is 56.5 Å². The van der Waals surface area contributed by atoms with Crippen molar-refractivity contribution >= 4 is 17.9 Å². The Morgan fingerprint density at radius 1 is 1.18 bits per heavy atom. The topological polar surface area (TPSA) is 55.8 Å². The van der Waals surface area contributed by atoms with E-state index in [0.29, 0.717) is 12.0 Å². The van der Waals surface area contributed by atoms with Crippen LogP contribution in [-0.4, -0.2) is 37.0 Å². The lowest BCUT2D eigenvalue weighted by Gasteiger charge is -2.36. The minimum Gasteiger partial charge on any atom is -0.488 e. The second-order valence-corrected chi connectivity index (χ2v) is 9.08. The van der Waals surface area contributed by atoms with Gasteiger partial charge in [0, 0.05) is 18.7 Å². The molecule has 0 bridgehead atoms. The van der Waals surface area contributed by atoms with Crippen LogP contribution >= 0.6 is 0 Å². The minimum absolute atomic E-state index is 0.148. The maximum atomic E-state index is 12.3. The highest BCUT2D eigenvalue weighted by Crippen LogP contribution is 2.37. The molecule has 2 fully saturated rings. The molecule has 0 spiro atoms. The smallest absolute Gasteiger partial charge is 0.306 e. The summed E-state index contributed by atoms with van der Waals surface area (Å²) in [5.41, 5.74) is 1.09. The van der Waals surface area contributed by atoms with Crippen LogP contribution in [0.15, 0.2) is 18.2 Å². The van der Waals surface area contributed by atoms with E-state index in [2.05, 4.69) is 4.90 Å². The number of anilines is 1. The summed E-state index contributed by atoms with van der Waals surface area (Å²) < 4.78 is 11.8. The van der Waals surface area contributed by atoms with Crippen molar-refractivity contribution in [3.63, 3.8) is 0 Å².